The van der Waals surface area contributed by atoms with Crippen LogP contribution in [0.25, 0.3) is 0 Å². The number of amides is 1. The molecule has 4 nitrogen and oxygen atoms in total. The zero-order chi connectivity index (χ0) is 15.3. The van der Waals surface area contributed by atoms with E-state index >= 15 is 0 Å². The van der Waals surface area contributed by atoms with E-state index in [-0.39, 0.29) is 5.91 Å². The summed E-state index contributed by atoms with van der Waals surface area (Å²) in [4.78, 5) is 25.1. The number of nitrogens with zero attached hydrogens (tertiary/aromatic N) is 1. The maximum absolute atomic E-state index is 12.5. The van der Waals surface area contributed by atoms with Crippen molar-refractivity contribution in [2.45, 2.75) is 49.3 Å². The van der Waals surface area contributed by atoms with E-state index in [4.69, 9.17) is 0 Å². The van der Waals surface area contributed by atoms with Gasteiger partial charge in [0.1, 0.15) is 6.04 Å². The predicted octanol–water partition coefficient (Wildman–Crippen LogP) is 2.54. The molecule has 0 aromatic heterocycles. The molecule has 1 aliphatic heterocycles. The number of carbonyl (C=O) groups is 2. The normalized spacial score (nSPS) is 42.1. The largest absolute Gasteiger partial charge is 0.479 e. The average Bonchev–Trinajstić information content (AvgIpc) is 2.93. The lowest BCUT2D eigenvalue weighted by atomic mass is 9.56. The quantitative estimate of drug-likeness (QED) is 0.809. The number of carboxylic acids is 1. The standard InChI is InChI=1S/C17H23NO3S/c19-15(18-3-1-2-14(18)16(20)21)10-22-17-7-11-4-12(8-17)6-13(5-11)9-17/h1-2,11-14H,3-10H2,(H,20,21)/t11?,12?,13?,14-,17?/m0/s1. The number of carboxylic acid groups (broad SMARTS) is 1. The molecule has 0 unspecified atom stereocenters. The van der Waals surface area contributed by atoms with Gasteiger partial charge in [-0.3, -0.25) is 4.79 Å². The molecule has 0 saturated heterocycles. The number of hydrogen-bond donors (Lipinski definition) is 1. The SMILES string of the molecule is O=C(O)[C@@H]1C=CCN1C(=O)CSC12CC3CC(CC(C3)C1)C2. The van der Waals surface area contributed by atoms with Gasteiger partial charge in [0.2, 0.25) is 5.91 Å². The fourth-order valence-corrected chi connectivity index (χ4v) is 7.16. The lowest BCUT2D eigenvalue weighted by molar-refractivity contribution is -0.146. The first-order valence-electron chi connectivity index (χ1n) is 8.37. The summed E-state index contributed by atoms with van der Waals surface area (Å²) in [5, 5.41) is 9.18. The Morgan fingerprint density at radius 1 is 1.14 bits per heavy atom. The second-order valence-electron chi connectivity index (χ2n) is 7.65. The van der Waals surface area contributed by atoms with Crippen LogP contribution in [0, 0.1) is 17.8 Å². The Morgan fingerprint density at radius 2 is 1.73 bits per heavy atom. The summed E-state index contributed by atoms with van der Waals surface area (Å²) >= 11 is 1.83. The Morgan fingerprint density at radius 3 is 2.27 bits per heavy atom. The summed E-state index contributed by atoms with van der Waals surface area (Å²) in [5.74, 6) is 2.15. The van der Waals surface area contributed by atoms with Gasteiger partial charge in [0.15, 0.2) is 0 Å². The first kappa shape index (κ1) is 14.6. The molecule has 0 aromatic carbocycles. The van der Waals surface area contributed by atoms with Crippen LogP contribution in [0.2, 0.25) is 0 Å². The van der Waals surface area contributed by atoms with E-state index in [1.165, 1.54) is 43.4 Å². The van der Waals surface area contributed by atoms with Crippen molar-refractivity contribution in [3.05, 3.63) is 12.2 Å². The molecule has 4 saturated carbocycles. The van der Waals surface area contributed by atoms with Crippen LogP contribution < -0.4 is 0 Å². The Balaban J connectivity index is 1.38. The third-order valence-electron chi connectivity index (χ3n) is 6.01. The fraction of sp³-hybridized carbons (Fsp3) is 0.765. The van der Waals surface area contributed by atoms with Crippen molar-refractivity contribution < 1.29 is 14.7 Å². The second-order valence-corrected chi connectivity index (χ2v) is 9.09. The zero-order valence-electron chi connectivity index (χ0n) is 12.7. The highest BCUT2D eigenvalue weighted by atomic mass is 32.2. The van der Waals surface area contributed by atoms with Crippen molar-refractivity contribution in [2.24, 2.45) is 17.8 Å². The summed E-state index contributed by atoms with van der Waals surface area (Å²) in [5.41, 5.74) is 0. The van der Waals surface area contributed by atoms with Crippen molar-refractivity contribution in [2.75, 3.05) is 12.3 Å². The van der Waals surface area contributed by atoms with Gasteiger partial charge in [0.05, 0.1) is 5.75 Å². The van der Waals surface area contributed by atoms with E-state index < -0.39 is 12.0 Å². The average molecular weight is 321 g/mol. The van der Waals surface area contributed by atoms with Crippen LogP contribution in [0.1, 0.15) is 38.5 Å². The van der Waals surface area contributed by atoms with Gasteiger partial charge in [-0.1, -0.05) is 12.2 Å². The van der Waals surface area contributed by atoms with Gasteiger partial charge >= 0.3 is 5.97 Å². The molecule has 5 aliphatic rings. The van der Waals surface area contributed by atoms with Gasteiger partial charge in [-0.2, -0.15) is 0 Å². The second kappa shape index (κ2) is 5.29. The van der Waals surface area contributed by atoms with Crippen molar-refractivity contribution in [1.29, 1.82) is 0 Å². The third-order valence-corrected chi connectivity index (χ3v) is 7.52. The van der Waals surface area contributed by atoms with E-state index in [0.717, 1.165) is 17.8 Å². The molecule has 0 radical (unpaired) electrons. The molecular formula is C17H23NO3S. The van der Waals surface area contributed by atoms with E-state index in [1.54, 1.807) is 12.2 Å². The predicted molar refractivity (Wildman–Crippen MR) is 85.6 cm³/mol. The topological polar surface area (TPSA) is 57.6 Å². The van der Waals surface area contributed by atoms with Crippen LogP contribution in [0.15, 0.2) is 12.2 Å². The first-order chi connectivity index (χ1) is 10.5. The van der Waals surface area contributed by atoms with E-state index in [9.17, 15) is 14.7 Å². The minimum atomic E-state index is -0.929. The van der Waals surface area contributed by atoms with Crippen molar-refractivity contribution in [3.8, 4) is 0 Å². The Hall–Kier alpha value is -0.970. The molecule has 120 valence electrons. The third kappa shape index (κ3) is 2.47. The van der Waals surface area contributed by atoms with Crippen molar-refractivity contribution in [1.82, 2.24) is 4.90 Å². The van der Waals surface area contributed by atoms with Gasteiger partial charge < -0.3 is 10.0 Å². The molecule has 0 spiro atoms. The number of rotatable bonds is 4. The van der Waals surface area contributed by atoms with Crippen molar-refractivity contribution >= 4 is 23.6 Å². The highest BCUT2D eigenvalue weighted by Gasteiger charge is 2.51. The lowest BCUT2D eigenvalue weighted by Crippen LogP contribution is -2.49. The van der Waals surface area contributed by atoms with E-state index in [1.807, 2.05) is 11.8 Å². The maximum Gasteiger partial charge on any atom is 0.330 e. The molecule has 4 bridgehead atoms. The molecule has 22 heavy (non-hydrogen) atoms. The molecule has 1 N–H and O–H groups in total. The van der Waals surface area contributed by atoms with E-state index in [2.05, 4.69) is 0 Å². The molecule has 1 atom stereocenters. The first-order valence-corrected chi connectivity index (χ1v) is 9.36. The summed E-state index contributed by atoms with van der Waals surface area (Å²) in [6.07, 6.45) is 11.5. The number of hydrogen-bond acceptors (Lipinski definition) is 3. The van der Waals surface area contributed by atoms with Crippen molar-refractivity contribution in [3.63, 3.8) is 0 Å². The fourth-order valence-electron chi connectivity index (χ4n) is 5.50. The van der Waals surface area contributed by atoms with Gasteiger partial charge in [0, 0.05) is 11.3 Å². The molecule has 1 heterocycles. The summed E-state index contributed by atoms with van der Waals surface area (Å²) < 4.78 is 0.316. The van der Waals surface area contributed by atoms with Crippen LogP contribution in [-0.2, 0) is 9.59 Å². The highest BCUT2D eigenvalue weighted by molar-refractivity contribution is 8.01. The van der Waals surface area contributed by atoms with Crippen LogP contribution in [0.4, 0.5) is 0 Å². The minimum absolute atomic E-state index is 0.0156. The van der Waals surface area contributed by atoms with Crippen LogP contribution >= 0.6 is 11.8 Å². The Bertz CT molecular complexity index is 495. The molecular weight excluding hydrogens is 298 g/mol. The van der Waals surface area contributed by atoms with Gasteiger partial charge in [-0.25, -0.2) is 4.79 Å². The molecule has 5 heteroatoms. The number of thioether (sulfide) groups is 1. The minimum Gasteiger partial charge on any atom is -0.479 e. The smallest absolute Gasteiger partial charge is 0.330 e. The highest BCUT2D eigenvalue weighted by Crippen LogP contribution is 2.60. The van der Waals surface area contributed by atoms with Crippen LogP contribution in [-0.4, -0.2) is 45.0 Å². The molecule has 1 amide bonds. The Labute approximate surface area is 135 Å². The van der Waals surface area contributed by atoms with Gasteiger partial charge in [-0.05, 0) is 56.3 Å². The molecule has 5 rings (SSSR count). The Kier molecular flexibility index (Phi) is 3.51. The summed E-state index contributed by atoms with van der Waals surface area (Å²) in [6, 6.07) is -0.760. The van der Waals surface area contributed by atoms with Gasteiger partial charge in [0.25, 0.3) is 0 Å². The summed E-state index contributed by atoms with van der Waals surface area (Å²) in [7, 11) is 0. The molecule has 0 aromatic rings. The molecule has 4 fully saturated rings. The van der Waals surface area contributed by atoms with Gasteiger partial charge in [-0.15, -0.1) is 11.8 Å². The lowest BCUT2D eigenvalue weighted by Gasteiger charge is -2.56. The maximum atomic E-state index is 12.5. The summed E-state index contributed by atoms with van der Waals surface area (Å²) in [6.45, 7) is 0.442. The van der Waals surface area contributed by atoms with Crippen LogP contribution in [0.5, 0.6) is 0 Å². The molecule has 4 aliphatic carbocycles. The zero-order valence-corrected chi connectivity index (χ0v) is 13.6. The van der Waals surface area contributed by atoms with Crippen LogP contribution in [0.3, 0.4) is 0 Å². The monoisotopic (exact) mass is 321 g/mol. The van der Waals surface area contributed by atoms with E-state index in [0.29, 0.717) is 17.0 Å². The number of carbonyl (C=O) groups excluding carboxylic acids is 1. The number of aliphatic carboxylic acids is 1.